The number of carbonyl (C=O) groups is 2. The van der Waals surface area contributed by atoms with E-state index in [1.54, 1.807) is 36.4 Å². The lowest BCUT2D eigenvalue weighted by Gasteiger charge is -2.22. The van der Waals surface area contributed by atoms with Crippen LogP contribution in [0.2, 0.25) is 0 Å². The number of aromatic nitrogens is 1. The highest BCUT2D eigenvalue weighted by molar-refractivity contribution is 7.14. The van der Waals surface area contributed by atoms with Gasteiger partial charge in [-0.1, -0.05) is 36.4 Å². The van der Waals surface area contributed by atoms with Crippen LogP contribution in [0.3, 0.4) is 0 Å². The number of anilines is 1. The second kappa shape index (κ2) is 12.2. The van der Waals surface area contributed by atoms with Crippen molar-refractivity contribution < 1.29 is 23.5 Å². The zero-order valence-electron chi connectivity index (χ0n) is 19.9. The predicted octanol–water partition coefficient (Wildman–Crippen LogP) is 5.54. The summed E-state index contributed by atoms with van der Waals surface area (Å²) in [5.74, 6) is -1.96. The van der Waals surface area contributed by atoms with E-state index in [9.17, 15) is 18.4 Å². The van der Waals surface area contributed by atoms with Gasteiger partial charge in [-0.25, -0.2) is 13.8 Å². The van der Waals surface area contributed by atoms with Crippen molar-refractivity contribution >= 4 is 28.3 Å². The van der Waals surface area contributed by atoms with E-state index in [1.807, 2.05) is 28.5 Å². The van der Waals surface area contributed by atoms with Crippen molar-refractivity contribution in [1.29, 1.82) is 0 Å². The largest absolute Gasteiger partial charge is 0.481 e. The van der Waals surface area contributed by atoms with Crippen molar-refractivity contribution in [2.24, 2.45) is 0 Å². The molecule has 190 valence electrons. The number of halogens is 2. The maximum Gasteiger partial charge on any atom is 0.305 e. The van der Waals surface area contributed by atoms with Gasteiger partial charge in [0.25, 0.3) is 5.91 Å². The van der Waals surface area contributed by atoms with E-state index in [0.29, 0.717) is 41.5 Å². The third-order valence-corrected chi connectivity index (χ3v) is 6.59. The summed E-state index contributed by atoms with van der Waals surface area (Å²) in [6.45, 7) is 1.07. The number of rotatable bonds is 11. The predicted molar refractivity (Wildman–Crippen MR) is 140 cm³/mol. The first-order chi connectivity index (χ1) is 17.9. The van der Waals surface area contributed by atoms with Gasteiger partial charge in [-0.15, -0.1) is 11.3 Å². The number of hydrogen-bond acceptors (Lipinski definition) is 5. The monoisotopic (exact) mass is 521 g/mol. The van der Waals surface area contributed by atoms with E-state index in [0.717, 1.165) is 11.1 Å². The molecule has 37 heavy (non-hydrogen) atoms. The molecule has 3 aromatic carbocycles. The van der Waals surface area contributed by atoms with Crippen LogP contribution in [0.5, 0.6) is 0 Å². The quantitative estimate of drug-likeness (QED) is 0.271. The summed E-state index contributed by atoms with van der Waals surface area (Å²) in [6.07, 6.45) is 0.434. The van der Waals surface area contributed by atoms with E-state index in [-0.39, 0.29) is 30.5 Å². The molecular weight excluding hydrogens is 496 g/mol. The molecule has 0 atom stereocenters. The molecule has 0 aliphatic carbocycles. The molecule has 1 aromatic heterocycles. The van der Waals surface area contributed by atoms with Crippen molar-refractivity contribution in [2.75, 3.05) is 18.0 Å². The number of carbonyl (C=O) groups excluding carboxylic acids is 1. The average molecular weight is 522 g/mol. The number of carboxylic acid groups (broad SMARTS) is 1. The fraction of sp³-hybridized carbons (Fsp3) is 0.179. The van der Waals surface area contributed by atoms with Gasteiger partial charge in [-0.2, -0.15) is 0 Å². The molecule has 0 aliphatic rings. The summed E-state index contributed by atoms with van der Waals surface area (Å²) < 4.78 is 28.0. The van der Waals surface area contributed by atoms with Crippen LogP contribution in [-0.2, 0) is 17.8 Å². The van der Waals surface area contributed by atoms with Gasteiger partial charge in [-0.3, -0.25) is 9.59 Å². The van der Waals surface area contributed by atoms with Gasteiger partial charge in [-0.05, 0) is 53.9 Å². The fourth-order valence-corrected chi connectivity index (χ4v) is 4.62. The first-order valence-electron chi connectivity index (χ1n) is 11.7. The normalized spacial score (nSPS) is 10.8. The summed E-state index contributed by atoms with van der Waals surface area (Å²) in [5.41, 5.74) is 3.17. The molecule has 4 aromatic rings. The number of hydrogen-bond donors (Lipinski definition) is 2. The Kier molecular flexibility index (Phi) is 8.58. The lowest BCUT2D eigenvalue weighted by molar-refractivity contribution is -0.136. The Morgan fingerprint density at radius 1 is 0.973 bits per heavy atom. The Morgan fingerprint density at radius 2 is 1.76 bits per heavy atom. The second-order valence-corrected chi connectivity index (χ2v) is 9.23. The van der Waals surface area contributed by atoms with Gasteiger partial charge in [0.05, 0.1) is 12.1 Å². The third-order valence-electron chi connectivity index (χ3n) is 5.69. The zero-order valence-corrected chi connectivity index (χ0v) is 20.7. The number of aliphatic carboxylic acids is 1. The Bertz CT molecular complexity index is 1380. The maximum absolute atomic E-state index is 14.3. The molecule has 1 amide bonds. The van der Waals surface area contributed by atoms with Gasteiger partial charge in [0.2, 0.25) is 0 Å². The molecule has 0 unspecified atom stereocenters. The van der Waals surface area contributed by atoms with Crippen LogP contribution in [0.1, 0.15) is 27.9 Å². The van der Waals surface area contributed by atoms with Gasteiger partial charge in [0, 0.05) is 36.1 Å². The highest BCUT2D eigenvalue weighted by Crippen LogP contribution is 2.30. The molecular formula is C28H25F2N3O3S. The lowest BCUT2D eigenvalue weighted by Crippen LogP contribution is -2.26. The van der Waals surface area contributed by atoms with E-state index in [2.05, 4.69) is 10.3 Å². The van der Waals surface area contributed by atoms with Crippen LogP contribution in [0.15, 0.2) is 78.2 Å². The summed E-state index contributed by atoms with van der Waals surface area (Å²) in [5, 5.41) is 13.8. The Morgan fingerprint density at radius 3 is 2.49 bits per heavy atom. The Hall–Kier alpha value is -4.11. The molecule has 0 bridgehead atoms. The van der Waals surface area contributed by atoms with Crippen LogP contribution in [0.25, 0.3) is 11.3 Å². The van der Waals surface area contributed by atoms with Crippen LogP contribution in [0, 0.1) is 11.6 Å². The number of benzene rings is 3. The molecule has 0 radical (unpaired) electrons. The Balaban J connectivity index is 1.51. The zero-order chi connectivity index (χ0) is 26.2. The van der Waals surface area contributed by atoms with Crippen LogP contribution in [-0.4, -0.2) is 35.1 Å². The van der Waals surface area contributed by atoms with Crippen LogP contribution >= 0.6 is 11.3 Å². The molecule has 0 saturated carbocycles. The topological polar surface area (TPSA) is 82.5 Å². The third kappa shape index (κ3) is 7.20. The Labute approximate surface area is 217 Å². The summed E-state index contributed by atoms with van der Waals surface area (Å²) in [6, 6.07) is 19.9. The average Bonchev–Trinajstić information content (AvgIpc) is 3.37. The SMILES string of the molecule is O=C(O)CCNC(=O)c1ccc(CN(CCc2cccc(F)c2)c2nc(-c3ccccc3F)cs2)cc1. The van der Waals surface area contributed by atoms with E-state index >= 15 is 0 Å². The summed E-state index contributed by atoms with van der Waals surface area (Å²) >= 11 is 1.40. The minimum absolute atomic E-state index is 0.0537. The molecule has 0 spiro atoms. The molecule has 6 nitrogen and oxygen atoms in total. The van der Waals surface area contributed by atoms with E-state index in [1.165, 1.54) is 29.5 Å². The molecule has 0 saturated heterocycles. The smallest absolute Gasteiger partial charge is 0.305 e. The van der Waals surface area contributed by atoms with Crippen molar-refractivity contribution in [3.05, 3.63) is 107 Å². The van der Waals surface area contributed by atoms with Gasteiger partial charge in [0.15, 0.2) is 5.13 Å². The fourth-order valence-electron chi connectivity index (χ4n) is 3.77. The highest BCUT2D eigenvalue weighted by atomic mass is 32.1. The van der Waals surface area contributed by atoms with Crippen LogP contribution < -0.4 is 10.2 Å². The molecule has 0 fully saturated rings. The molecule has 9 heteroatoms. The molecule has 2 N–H and O–H groups in total. The first-order valence-corrected chi connectivity index (χ1v) is 12.6. The number of amides is 1. The first kappa shape index (κ1) is 26.0. The van der Waals surface area contributed by atoms with Crippen molar-refractivity contribution in [2.45, 2.75) is 19.4 Å². The number of thiazole rings is 1. The van der Waals surface area contributed by atoms with Crippen molar-refractivity contribution in [3.8, 4) is 11.3 Å². The van der Waals surface area contributed by atoms with Gasteiger partial charge >= 0.3 is 5.97 Å². The lowest BCUT2D eigenvalue weighted by atomic mass is 10.1. The van der Waals surface area contributed by atoms with Gasteiger partial charge < -0.3 is 15.3 Å². The summed E-state index contributed by atoms with van der Waals surface area (Å²) in [4.78, 5) is 29.6. The molecule has 0 aliphatic heterocycles. The minimum atomic E-state index is -0.977. The number of carboxylic acids is 1. The molecule has 1 heterocycles. The van der Waals surface area contributed by atoms with Crippen LogP contribution in [0.4, 0.5) is 13.9 Å². The standard InChI is InChI=1S/C28H25F2N3O3S/c29-22-5-3-4-19(16-22)13-15-33(28-32-25(18-37-28)23-6-1-2-7-24(23)30)17-20-8-10-21(11-9-20)27(36)31-14-12-26(34)35/h1-11,16,18H,12-15,17H2,(H,31,36)(H,34,35). The van der Waals surface area contributed by atoms with Crippen molar-refractivity contribution in [3.63, 3.8) is 0 Å². The van der Waals surface area contributed by atoms with Gasteiger partial charge in [0.1, 0.15) is 11.6 Å². The number of nitrogens with zero attached hydrogens (tertiary/aromatic N) is 2. The molecule has 4 rings (SSSR count). The van der Waals surface area contributed by atoms with Crippen molar-refractivity contribution in [1.82, 2.24) is 10.3 Å². The summed E-state index contributed by atoms with van der Waals surface area (Å²) in [7, 11) is 0. The second-order valence-electron chi connectivity index (χ2n) is 8.39. The van der Waals surface area contributed by atoms with E-state index in [4.69, 9.17) is 5.11 Å². The van der Waals surface area contributed by atoms with E-state index < -0.39 is 5.97 Å². The highest BCUT2D eigenvalue weighted by Gasteiger charge is 2.16. The minimum Gasteiger partial charge on any atom is -0.481 e. The number of nitrogens with one attached hydrogen (secondary N) is 1. The maximum atomic E-state index is 14.3.